The van der Waals surface area contributed by atoms with Crippen molar-refractivity contribution >= 4 is 16.6 Å². The molecule has 0 saturated carbocycles. The third-order valence-electron chi connectivity index (χ3n) is 2.51. The summed E-state index contributed by atoms with van der Waals surface area (Å²) in [4.78, 5) is 0. The van der Waals surface area contributed by atoms with Gasteiger partial charge >= 0.3 is 0 Å². The van der Waals surface area contributed by atoms with Crippen LogP contribution in [0.2, 0.25) is 39.3 Å². The van der Waals surface area contributed by atoms with Gasteiger partial charge in [0, 0.05) is 6.42 Å². The van der Waals surface area contributed by atoms with Crippen LogP contribution in [0.25, 0.3) is 0 Å². The molecule has 0 aromatic carbocycles. The smallest absolute Gasteiger partial charge is 0.242 e. The SMILES string of the molecule is CC(C)CC1=CC(O[Si](C)(C)C)=C(O[Si](C)(C)C)C1. The second kappa shape index (κ2) is 5.87. The van der Waals surface area contributed by atoms with Crippen LogP contribution in [0, 0.1) is 5.92 Å². The zero-order valence-corrected chi connectivity index (χ0v) is 15.9. The van der Waals surface area contributed by atoms with Gasteiger partial charge < -0.3 is 8.85 Å². The minimum absolute atomic E-state index is 0.686. The van der Waals surface area contributed by atoms with Gasteiger partial charge in [0.1, 0.15) is 11.5 Å². The number of allylic oxidation sites excluding steroid dienone is 2. The molecule has 1 aliphatic rings. The molecule has 0 aromatic heterocycles. The van der Waals surface area contributed by atoms with Gasteiger partial charge in [0.2, 0.25) is 16.6 Å². The highest BCUT2D eigenvalue weighted by Gasteiger charge is 2.28. The zero-order chi connectivity index (χ0) is 14.8. The highest BCUT2D eigenvalue weighted by molar-refractivity contribution is 6.70. The summed E-state index contributed by atoms with van der Waals surface area (Å²) in [6.45, 7) is 17.9. The van der Waals surface area contributed by atoms with Gasteiger partial charge in [-0.2, -0.15) is 0 Å². The highest BCUT2D eigenvalue weighted by Crippen LogP contribution is 2.34. The van der Waals surface area contributed by atoms with Gasteiger partial charge in [-0.3, -0.25) is 0 Å². The maximum absolute atomic E-state index is 6.23. The lowest BCUT2D eigenvalue weighted by molar-refractivity contribution is 0.352. The zero-order valence-electron chi connectivity index (χ0n) is 13.9. The first kappa shape index (κ1) is 16.6. The number of hydrogen-bond donors (Lipinski definition) is 0. The molecule has 0 radical (unpaired) electrons. The average Bonchev–Trinajstić information content (AvgIpc) is 2.39. The number of rotatable bonds is 6. The minimum Gasteiger partial charge on any atom is -0.544 e. The van der Waals surface area contributed by atoms with E-state index in [9.17, 15) is 0 Å². The van der Waals surface area contributed by atoms with E-state index in [0.717, 1.165) is 24.4 Å². The number of hydrogen-bond acceptors (Lipinski definition) is 2. The summed E-state index contributed by atoms with van der Waals surface area (Å²) in [7, 11) is -3.14. The van der Waals surface area contributed by atoms with Crippen LogP contribution in [0.3, 0.4) is 0 Å². The average molecular weight is 299 g/mol. The molecule has 0 atom stereocenters. The molecule has 0 unspecified atom stereocenters. The topological polar surface area (TPSA) is 18.5 Å². The highest BCUT2D eigenvalue weighted by atomic mass is 28.4. The van der Waals surface area contributed by atoms with Crippen molar-refractivity contribution in [1.82, 2.24) is 0 Å². The predicted molar refractivity (Wildman–Crippen MR) is 88.0 cm³/mol. The van der Waals surface area contributed by atoms with Crippen LogP contribution < -0.4 is 0 Å². The van der Waals surface area contributed by atoms with Crippen LogP contribution >= 0.6 is 0 Å². The molecule has 0 heterocycles. The summed E-state index contributed by atoms with van der Waals surface area (Å²) in [5.41, 5.74) is 1.46. The molecular formula is C15H30O2Si2. The summed E-state index contributed by atoms with van der Waals surface area (Å²) < 4.78 is 12.4. The fourth-order valence-corrected chi connectivity index (χ4v) is 3.88. The Hall–Kier alpha value is -0.486. The first-order valence-corrected chi connectivity index (χ1v) is 14.1. The predicted octanol–water partition coefficient (Wildman–Crippen LogP) is 5.28. The lowest BCUT2D eigenvalue weighted by atomic mass is 10.0. The van der Waals surface area contributed by atoms with Crippen molar-refractivity contribution < 1.29 is 8.85 Å². The largest absolute Gasteiger partial charge is 0.544 e. The van der Waals surface area contributed by atoms with Crippen molar-refractivity contribution in [2.45, 2.75) is 66.0 Å². The molecule has 0 aromatic rings. The molecule has 0 N–H and O–H groups in total. The standard InChI is InChI=1S/C15H30O2Si2/c1-12(2)9-13-10-14(16-18(3,4)5)15(11-13)17-19(6,7)8/h10,12H,9,11H2,1-8H3. The van der Waals surface area contributed by atoms with Crippen molar-refractivity contribution in [2.75, 3.05) is 0 Å². The van der Waals surface area contributed by atoms with Crippen molar-refractivity contribution in [3.05, 3.63) is 23.2 Å². The minimum atomic E-state index is -1.58. The third-order valence-corrected chi connectivity index (χ3v) is 4.20. The van der Waals surface area contributed by atoms with Crippen molar-refractivity contribution in [2.24, 2.45) is 5.92 Å². The summed E-state index contributed by atoms with van der Waals surface area (Å²) in [6, 6.07) is 0. The van der Waals surface area contributed by atoms with Gasteiger partial charge in [-0.1, -0.05) is 19.4 Å². The molecule has 1 aliphatic carbocycles. The first-order chi connectivity index (χ1) is 8.46. The Morgan fingerprint density at radius 1 is 1.00 bits per heavy atom. The molecule has 0 fully saturated rings. The molecule has 4 heteroatoms. The lowest BCUT2D eigenvalue weighted by Crippen LogP contribution is -2.28. The van der Waals surface area contributed by atoms with E-state index in [1.54, 1.807) is 0 Å². The Morgan fingerprint density at radius 3 is 1.95 bits per heavy atom. The van der Waals surface area contributed by atoms with E-state index in [1.165, 1.54) is 5.57 Å². The Balaban J connectivity index is 2.87. The summed E-state index contributed by atoms with van der Waals surface area (Å²) in [5.74, 6) is 2.78. The Morgan fingerprint density at radius 2 is 1.53 bits per heavy atom. The van der Waals surface area contributed by atoms with Crippen LogP contribution in [0.1, 0.15) is 26.7 Å². The fourth-order valence-electron chi connectivity index (χ4n) is 2.14. The van der Waals surface area contributed by atoms with Gasteiger partial charge in [-0.25, -0.2) is 0 Å². The quantitative estimate of drug-likeness (QED) is 0.621. The summed E-state index contributed by atoms with van der Waals surface area (Å²) >= 11 is 0. The van der Waals surface area contributed by atoms with Gasteiger partial charge in [0.15, 0.2) is 0 Å². The van der Waals surface area contributed by atoms with Crippen LogP contribution in [-0.4, -0.2) is 16.6 Å². The van der Waals surface area contributed by atoms with E-state index < -0.39 is 16.6 Å². The second-order valence-corrected chi connectivity index (χ2v) is 16.7. The van der Waals surface area contributed by atoms with E-state index >= 15 is 0 Å². The van der Waals surface area contributed by atoms with Gasteiger partial charge in [0.05, 0.1) is 0 Å². The third kappa shape index (κ3) is 6.48. The van der Waals surface area contributed by atoms with E-state index in [-0.39, 0.29) is 0 Å². The van der Waals surface area contributed by atoms with Crippen molar-refractivity contribution in [3.63, 3.8) is 0 Å². The molecule has 19 heavy (non-hydrogen) atoms. The van der Waals surface area contributed by atoms with Crippen LogP contribution in [0.4, 0.5) is 0 Å². The fraction of sp³-hybridized carbons (Fsp3) is 0.733. The molecule has 110 valence electrons. The van der Waals surface area contributed by atoms with Gasteiger partial charge in [-0.15, -0.1) is 0 Å². The van der Waals surface area contributed by atoms with Gasteiger partial charge in [-0.05, 0) is 57.7 Å². The molecule has 2 nitrogen and oxygen atoms in total. The Kier molecular flexibility index (Phi) is 5.12. The Labute approximate surface area is 121 Å². The van der Waals surface area contributed by atoms with Crippen molar-refractivity contribution in [1.29, 1.82) is 0 Å². The maximum Gasteiger partial charge on any atom is 0.242 e. The van der Waals surface area contributed by atoms with Crippen molar-refractivity contribution in [3.8, 4) is 0 Å². The molecular weight excluding hydrogens is 268 g/mol. The molecule has 1 rings (SSSR count). The summed E-state index contributed by atoms with van der Waals surface area (Å²) in [5, 5.41) is 0. The van der Waals surface area contributed by atoms with E-state index in [1.807, 2.05) is 0 Å². The monoisotopic (exact) mass is 298 g/mol. The molecule has 0 aliphatic heterocycles. The molecule has 0 amide bonds. The van der Waals surface area contributed by atoms with Crippen LogP contribution in [-0.2, 0) is 8.85 Å². The summed E-state index contributed by atoms with van der Waals surface area (Å²) in [6.07, 6.45) is 4.31. The Bertz CT molecular complexity index is 382. The molecule has 0 spiro atoms. The molecule has 0 saturated heterocycles. The van der Waals surface area contributed by atoms with Crippen LogP contribution in [0.15, 0.2) is 23.2 Å². The van der Waals surface area contributed by atoms with Crippen LogP contribution in [0.5, 0.6) is 0 Å². The molecule has 0 bridgehead atoms. The lowest BCUT2D eigenvalue weighted by Gasteiger charge is -2.25. The normalized spacial score (nSPS) is 17.0. The second-order valence-electron chi connectivity index (χ2n) is 7.79. The van der Waals surface area contributed by atoms with E-state index in [4.69, 9.17) is 8.85 Å². The first-order valence-electron chi connectivity index (χ1n) is 7.27. The van der Waals surface area contributed by atoms with Gasteiger partial charge in [0.25, 0.3) is 0 Å². The van der Waals surface area contributed by atoms with E-state index in [0.29, 0.717) is 5.92 Å². The maximum atomic E-state index is 6.23. The van der Waals surface area contributed by atoms with E-state index in [2.05, 4.69) is 59.2 Å².